The van der Waals surface area contributed by atoms with E-state index in [-0.39, 0.29) is 11.4 Å². The van der Waals surface area contributed by atoms with Crippen molar-refractivity contribution in [1.82, 2.24) is 0 Å². The van der Waals surface area contributed by atoms with Crippen LogP contribution in [0.3, 0.4) is 0 Å². The van der Waals surface area contributed by atoms with Gasteiger partial charge in [-0.1, -0.05) is 15.9 Å². The van der Waals surface area contributed by atoms with Gasteiger partial charge in [0.2, 0.25) is 0 Å². The third kappa shape index (κ3) is 4.87. The molecule has 8 heteroatoms. The number of nitrogens with zero attached hydrogens (tertiary/aromatic N) is 1. The molecule has 0 amide bonds. The van der Waals surface area contributed by atoms with Crippen molar-refractivity contribution < 1.29 is 22.8 Å². The van der Waals surface area contributed by atoms with E-state index in [1.807, 2.05) is 0 Å². The first-order valence-corrected chi connectivity index (χ1v) is 7.22. The van der Waals surface area contributed by atoms with Gasteiger partial charge in [-0.15, -0.1) is 0 Å². The van der Waals surface area contributed by atoms with Gasteiger partial charge in [0.1, 0.15) is 0 Å². The zero-order valence-electron chi connectivity index (χ0n) is 11.0. The van der Waals surface area contributed by atoms with Gasteiger partial charge in [0.25, 0.3) is 0 Å². The van der Waals surface area contributed by atoms with Crippen LogP contribution in [0.25, 0.3) is 0 Å². The standard InChI is InChI=1S/C13H13BrF3NO3/c14-10-6-9(5-8-1-2-8)12(11(7-10)18(19)20)21-4-3-13(15,16)17/h6-8H,1-5H2. The second kappa shape index (κ2) is 6.21. The summed E-state index contributed by atoms with van der Waals surface area (Å²) in [6.07, 6.45) is -2.84. The molecule has 1 saturated carbocycles. The van der Waals surface area contributed by atoms with Gasteiger partial charge in [-0.3, -0.25) is 10.1 Å². The highest BCUT2D eigenvalue weighted by molar-refractivity contribution is 9.10. The lowest BCUT2D eigenvalue weighted by Gasteiger charge is -2.13. The smallest absolute Gasteiger partial charge is 0.392 e. The number of nitro benzene ring substituents is 1. The van der Waals surface area contributed by atoms with Crippen LogP contribution in [0.4, 0.5) is 18.9 Å². The number of alkyl halides is 3. The molecule has 116 valence electrons. The Hall–Kier alpha value is -1.31. The van der Waals surface area contributed by atoms with Crippen LogP contribution in [0.5, 0.6) is 5.75 Å². The molecule has 1 aromatic carbocycles. The van der Waals surface area contributed by atoms with E-state index in [2.05, 4.69) is 15.9 Å². The molecule has 1 aliphatic rings. The summed E-state index contributed by atoms with van der Waals surface area (Å²) in [7, 11) is 0. The van der Waals surface area contributed by atoms with E-state index in [0.717, 1.165) is 12.8 Å². The van der Waals surface area contributed by atoms with Gasteiger partial charge in [-0.25, -0.2) is 0 Å². The molecule has 0 N–H and O–H groups in total. The van der Waals surface area contributed by atoms with Gasteiger partial charge >= 0.3 is 11.9 Å². The number of ether oxygens (including phenoxy) is 1. The zero-order chi connectivity index (χ0) is 15.6. The highest BCUT2D eigenvalue weighted by atomic mass is 79.9. The Morgan fingerprint density at radius 3 is 2.57 bits per heavy atom. The first kappa shape index (κ1) is 16.1. The molecule has 21 heavy (non-hydrogen) atoms. The first-order chi connectivity index (χ1) is 9.76. The normalized spacial score (nSPS) is 15.0. The average Bonchev–Trinajstić information content (AvgIpc) is 3.13. The van der Waals surface area contributed by atoms with Crippen molar-refractivity contribution in [2.24, 2.45) is 5.92 Å². The number of halogens is 4. The summed E-state index contributed by atoms with van der Waals surface area (Å²) in [5.41, 5.74) is 0.281. The largest absolute Gasteiger partial charge is 0.486 e. The maximum Gasteiger partial charge on any atom is 0.392 e. The van der Waals surface area contributed by atoms with Crippen molar-refractivity contribution in [3.63, 3.8) is 0 Å². The fourth-order valence-electron chi connectivity index (χ4n) is 1.99. The molecule has 0 aliphatic heterocycles. The topological polar surface area (TPSA) is 52.4 Å². The summed E-state index contributed by atoms with van der Waals surface area (Å²) in [6, 6.07) is 2.92. The molecule has 0 spiro atoms. The van der Waals surface area contributed by atoms with Crippen LogP contribution < -0.4 is 4.74 Å². The van der Waals surface area contributed by atoms with E-state index in [1.54, 1.807) is 6.07 Å². The molecule has 2 rings (SSSR count). The predicted molar refractivity (Wildman–Crippen MR) is 73.4 cm³/mol. The van der Waals surface area contributed by atoms with Gasteiger partial charge in [0.15, 0.2) is 5.75 Å². The summed E-state index contributed by atoms with van der Waals surface area (Å²) in [5, 5.41) is 11.1. The first-order valence-electron chi connectivity index (χ1n) is 6.42. The molecule has 0 unspecified atom stereocenters. The number of rotatable bonds is 6. The summed E-state index contributed by atoms with van der Waals surface area (Å²) in [5.74, 6) is 0.392. The number of nitro groups is 1. The minimum Gasteiger partial charge on any atom is -0.486 e. The molecule has 0 atom stereocenters. The number of hydrogen-bond donors (Lipinski definition) is 0. The van der Waals surface area contributed by atoms with Gasteiger partial charge in [-0.2, -0.15) is 13.2 Å². The van der Waals surface area contributed by atoms with Gasteiger partial charge < -0.3 is 4.74 Å². The number of hydrogen-bond acceptors (Lipinski definition) is 3. The molecule has 0 bridgehead atoms. The third-order valence-corrected chi connectivity index (χ3v) is 3.60. The van der Waals surface area contributed by atoms with Crippen LogP contribution in [0.2, 0.25) is 0 Å². The molecule has 0 heterocycles. The molecular weight excluding hydrogens is 355 g/mol. The summed E-state index contributed by atoms with van der Waals surface area (Å²) >= 11 is 3.19. The van der Waals surface area contributed by atoms with Crippen molar-refractivity contribution in [3.05, 3.63) is 32.3 Å². The molecular formula is C13H13BrF3NO3. The molecule has 4 nitrogen and oxygen atoms in total. The zero-order valence-corrected chi connectivity index (χ0v) is 12.5. The van der Waals surface area contributed by atoms with E-state index in [1.165, 1.54) is 6.07 Å². The van der Waals surface area contributed by atoms with Gasteiger partial charge in [0, 0.05) is 16.1 Å². The monoisotopic (exact) mass is 367 g/mol. The molecule has 0 aromatic heterocycles. The maximum absolute atomic E-state index is 12.2. The molecule has 0 radical (unpaired) electrons. The lowest BCUT2D eigenvalue weighted by atomic mass is 10.1. The van der Waals surface area contributed by atoms with Crippen molar-refractivity contribution in [1.29, 1.82) is 0 Å². The lowest BCUT2D eigenvalue weighted by Crippen LogP contribution is -2.14. The van der Waals surface area contributed by atoms with Gasteiger partial charge in [-0.05, 0) is 31.2 Å². The third-order valence-electron chi connectivity index (χ3n) is 3.15. The van der Waals surface area contributed by atoms with Crippen molar-refractivity contribution in [3.8, 4) is 5.75 Å². The Kier molecular flexibility index (Phi) is 4.75. The number of benzene rings is 1. The fourth-order valence-corrected chi connectivity index (χ4v) is 2.48. The van der Waals surface area contributed by atoms with Crippen LogP contribution in [-0.4, -0.2) is 17.7 Å². The Balaban J connectivity index is 2.23. The van der Waals surface area contributed by atoms with E-state index >= 15 is 0 Å². The van der Waals surface area contributed by atoms with Crippen molar-refractivity contribution >= 4 is 21.6 Å². The second-order valence-corrected chi connectivity index (χ2v) is 5.95. The Morgan fingerprint density at radius 2 is 2.05 bits per heavy atom. The van der Waals surface area contributed by atoms with Crippen LogP contribution in [0, 0.1) is 16.0 Å². The molecule has 1 aliphatic carbocycles. The SMILES string of the molecule is O=[N+]([O-])c1cc(Br)cc(CC2CC2)c1OCCC(F)(F)F. The quantitative estimate of drug-likeness (QED) is 0.543. The predicted octanol–water partition coefficient (Wildman–Crippen LogP) is 4.64. The second-order valence-electron chi connectivity index (χ2n) is 5.03. The minimum atomic E-state index is -4.35. The van der Waals surface area contributed by atoms with Crippen LogP contribution >= 0.6 is 15.9 Å². The summed E-state index contributed by atoms with van der Waals surface area (Å²) in [4.78, 5) is 10.4. The highest BCUT2D eigenvalue weighted by Gasteiger charge is 2.30. The fraction of sp³-hybridized carbons (Fsp3) is 0.538. The van der Waals surface area contributed by atoms with E-state index in [9.17, 15) is 23.3 Å². The highest BCUT2D eigenvalue weighted by Crippen LogP contribution is 2.40. The Labute approximate surface area is 127 Å². The Bertz CT molecular complexity index is 544. The van der Waals surface area contributed by atoms with E-state index in [4.69, 9.17) is 4.74 Å². The minimum absolute atomic E-state index is 0.0423. The van der Waals surface area contributed by atoms with E-state index in [0.29, 0.717) is 22.4 Å². The average molecular weight is 368 g/mol. The summed E-state index contributed by atoms with van der Waals surface area (Å²) in [6.45, 7) is -0.621. The maximum atomic E-state index is 12.2. The van der Waals surface area contributed by atoms with Crippen molar-refractivity contribution in [2.75, 3.05) is 6.61 Å². The Morgan fingerprint density at radius 1 is 1.38 bits per heavy atom. The van der Waals surface area contributed by atoms with Crippen LogP contribution in [-0.2, 0) is 6.42 Å². The molecule has 0 saturated heterocycles. The van der Waals surface area contributed by atoms with Gasteiger partial charge in [0.05, 0.1) is 18.0 Å². The molecule has 1 fully saturated rings. The van der Waals surface area contributed by atoms with Crippen molar-refractivity contribution in [2.45, 2.75) is 31.9 Å². The summed E-state index contributed by atoms with van der Waals surface area (Å²) < 4.78 is 42.2. The van der Waals surface area contributed by atoms with Crippen LogP contribution in [0.1, 0.15) is 24.8 Å². The molecule has 1 aromatic rings. The lowest BCUT2D eigenvalue weighted by molar-refractivity contribution is -0.386. The van der Waals surface area contributed by atoms with E-state index < -0.39 is 24.1 Å². The van der Waals surface area contributed by atoms with Crippen LogP contribution in [0.15, 0.2) is 16.6 Å².